The zero-order valence-electron chi connectivity index (χ0n) is 12.8. The molecule has 2 atom stereocenters. The summed E-state index contributed by atoms with van der Waals surface area (Å²) in [6.45, 7) is 5.96. The van der Waals surface area contributed by atoms with Crippen LogP contribution in [-0.4, -0.2) is 62.9 Å². The van der Waals surface area contributed by atoms with E-state index >= 15 is 0 Å². The molecule has 2 aliphatic heterocycles. The van der Waals surface area contributed by atoms with Crippen LogP contribution in [0.3, 0.4) is 0 Å². The van der Waals surface area contributed by atoms with Gasteiger partial charge in [0.1, 0.15) is 5.41 Å². The molecule has 2 fully saturated rings. The van der Waals surface area contributed by atoms with Gasteiger partial charge in [-0.15, -0.1) is 0 Å². The van der Waals surface area contributed by atoms with E-state index in [0.29, 0.717) is 32.7 Å². The van der Waals surface area contributed by atoms with E-state index in [1.165, 1.54) is 6.92 Å². The summed E-state index contributed by atoms with van der Waals surface area (Å²) in [5.74, 6) is -0.878. The highest BCUT2D eigenvalue weighted by atomic mass is 16.4. The predicted octanol–water partition coefficient (Wildman–Crippen LogP) is 0.150. The average Bonchev–Trinajstić information content (AvgIpc) is 2.96. The maximum Gasteiger partial charge on any atom is 0.313 e. The Morgan fingerprint density at radius 3 is 2.64 bits per heavy atom. The Bertz CT molecular complexity index is 621. The number of hydrogen-bond acceptors (Lipinski definition) is 5. The molecule has 1 N–H and O–H groups in total. The lowest BCUT2D eigenvalue weighted by Gasteiger charge is -2.25. The topological polar surface area (TPSA) is 86.6 Å². The van der Waals surface area contributed by atoms with Crippen molar-refractivity contribution >= 4 is 11.9 Å². The van der Waals surface area contributed by atoms with E-state index in [4.69, 9.17) is 0 Å². The fraction of sp³-hybridized carbons (Fsp3) is 0.600. The molecule has 7 heteroatoms. The van der Waals surface area contributed by atoms with Crippen molar-refractivity contribution in [2.45, 2.75) is 20.4 Å². The third-order valence-electron chi connectivity index (χ3n) is 4.91. The van der Waals surface area contributed by atoms with Crippen molar-refractivity contribution in [3.05, 3.63) is 23.8 Å². The Kier molecular flexibility index (Phi) is 3.60. The molecule has 2 saturated heterocycles. The highest BCUT2D eigenvalue weighted by Crippen LogP contribution is 2.43. The van der Waals surface area contributed by atoms with E-state index in [1.807, 2.05) is 6.92 Å². The number of amides is 1. The minimum Gasteiger partial charge on any atom is -0.481 e. The first-order valence-electron chi connectivity index (χ1n) is 7.40. The Morgan fingerprint density at radius 1 is 1.32 bits per heavy atom. The van der Waals surface area contributed by atoms with Gasteiger partial charge in [0.2, 0.25) is 5.91 Å². The van der Waals surface area contributed by atoms with Crippen molar-refractivity contribution in [2.75, 3.05) is 26.2 Å². The van der Waals surface area contributed by atoms with Crippen LogP contribution in [0.2, 0.25) is 0 Å². The van der Waals surface area contributed by atoms with E-state index in [-0.39, 0.29) is 11.8 Å². The normalized spacial score (nSPS) is 27.9. The number of hydrogen-bond donors (Lipinski definition) is 1. The largest absolute Gasteiger partial charge is 0.481 e. The van der Waals surface area contributed by atoms with Gasteiger partial charge in [-0.3, -0.25) is 24.5 Å². The highest BCUT2D eigenvalue weighted by molar-refractivity contribution is 5.80. The zero-order chi connectivity index (χ0) is 15.9. The molecule has 1 aromatic rings. The van der Waals surface area contributed by atoms with Crippen LogP contribution in [0.1, 0.15) is 18.3 Å². The second-order valence-corrected chi connectivity index (χ2v) is 6.32. The molecule has 2 aliphatic rings. The fourth-order valence-electron chi connectivity index (χ4n) is 3.64. The second-order valence-electron chi connectivity index (χ2n) is 6.32. The number of aryl methyl sites for hydroxylation is 1. The maximum absolute atomic E-state index is 11.8. The number of carbonyl (C=O) groups is 2. The first kappa shape index (κ1) is 14.9. The molecule has 7 nitrogen and oxygen atoms in total. The number of likely N-dealkylation sites (tertiary alicyclic amines) is 2. The molecule has 1 aromatic heterocycles. The lowest BCUT2D eigenvalue weighted by molar-refractivity contribution is -0.149. The Balaban J connectivity index is 1.77. The highest BCUT2D eigenvalue weighted by Gasteiger charge is 2.58. The predicted molar refractivity (Wildman–Crippen MR) is 77.9 cm³/mol. The van der Waals surface area contributed by atoms with E-state index in [2.05, 4.69) is 14.9 Å². The second kappa shape index (κ2) is 5.31. The first-order valence-corrected chi connectivity index (χ1v) is 7.40. The number of carboxylic acids is 1. The van der Waals surface area contributed by atoms with Crippen molar-refractivity contribution in [3.8, 4) is 0 Å². The van der Waals surface area contributed by atoms with Crippen LogP contribution in [0.5, 0.6) is 0 Å². The van der Waals surface area contributed by atoms with E-state index in [9.17, 15) is 14.7 Å². The van der Waals surface area contributed by atoms with E-state index in [0.717, 1.165) is 11.4 Å². The summed E-state index contributed by atoms with van der Waals surface area (Å²) in [6.07, 6.45) is 3.31. The Hall–Kier alpha value is -2.02. The van der Waals surface area contributed by atoms with Crippen LogP contribution in [0, 0.1) is 18.3 Å². The van der Waals surface area contributed by atoms with Crippen molar-refractivity contribution in [2.24, 2.45) is 11.3 Å². The van der Waals surface area contributed by atoms with Crippen LogP contribution in [0.25, 0.3) is 0 Å². The summed E-state index contributed by atoms with van der Waals surface area (Å²) in [4.78, 5) is 35.7. The van der Waals surface area contributed by atoms with Crippen molar-refractivity contribution in [3.63, 3.8) is 0 Å². The van der Waals surface area contributed by atoms with E-state index < -0.39 is 11.4 Å². The number of carboxylic acid groups (broad SMARTS) is 1. The summed E-state index contributed by atoms with van der Waals surface area (Å²) >= 11 is 0. The van der Waals surface area contributed by atoms with Crippen LogP contribution < -0.4 is 0 Å². The molecular formula is C15H20N4O3. The number of aromatic nitrogens is 2. The summed E-state index contributed by atoms with van der Waals surface area (Å²) in [5, 5.41) is 9.72. The average molecular weight is 304 g/mol. The number of carbonyl (C=O) groups excluding carboxylic acids is 1. The Labute approximate surface area is 129 Å². The molecule has 0 unspecified atom stereocenters. The van der Waals surface area contributed by atoms with Crippen molar-refractivity contribution in [1.29, 1.82) is 0 Å². The van der Waals surface area contributed by atoms with Crippen LogP contribution in [0.4, 0.5) is 0 Å². The summed E-state index contributed by atoms with van der Waals surface area (Å²) in [7, 11) is 0. The monoisotopic (exact) mass is 304 g/mol. The number of aliphatic carboxylic acids is 1. The smallest absolute Gasteiger partial charge is 0.313 e. The third-order valence-corrected chi connectivity index (χ3v) is 4.91. The van der Waals surface area contributed by atoms with Gasteiger partial charge >= 0.3 is 5.97 Å². The lowest BCUT2D eigenvalue weighted by Crippen LogP contribution is -2.41. The molecule has 0 saturated carbocycles. The quantitative estimate of drug-likeness (QED) is 0.855. The third kappa shape index (κ3) is 2.35. The summed E-state index contributed by atoms with van der Waals surface area (Å²) in [5.41, 5.74) is 0.905. The summed E-state index contributed by atoms with van der Waals surface area (Å²) < 4.78 is 0. The Morgan fingerprint density at radius 2 is 2.05 bits per heavy atom. The SMILES string of the molecule is CC(=O)N1C[C@H]2CN(Cc3nccnc3C)C[C@@]2(C(=O)O)C1. The fourth-order valence-corrected chi connectivity index (χ4v) is 3.64. The van der Waals surface area contributed by atoms with Crippen LogP contribution >= 0.6 is 0 Å². The van der Waals surface area contributed by atoms with Gasteiger partial charge in [-0.1, -0.05) is 0 Å². The molecule has 0 bridgehead atoms. The van der Waals surface area contributed by atoms with Crippen molar-refractivity contribution < 1.29 is 14.7 Å². The van der Waals surface area contributed by atoms with E-state index in [1.54, 1.807) is 17.3 Å². The van der Waals surface area contributed by atoms with Crippen molar-refractivity contribution in [1.82, 2.24) is 19.8 Å². The van der Waals surface area contributed by atoms with Gasteiger partial charge in [-0.05, 0) is 6.92 Å². The molecular weight excluding hydrogens is 284 g/mol. The van der Waals surface area contributed by atoms with Gasteiger partial charge in [0.25, 0.3) is 0 Å². The van der Waals surface area contributed by atoms with Gasteiger partial charge in [0, 0.05) is 58.0 Å². The molecule has 1 amide bonds. The number of fused-ring (bicyclic) bond motifs is 1. The molecule has 22 heavy (non-hydrogen) atoms. The van der Waals surface area contributed by atoms with Gasteiger partial charge in [-0.2, -0.15) is 0 Å². The first-order chi connectivity index (χ1) is 10.4. The molecule has 0 aliphatic carbocycles. The van der Waals surface area contributed by atoms with Gasteiger partial charge < -0.3 is 10.0 Å². The minimum atomic E-state index is -0.845. The lowest BCUT2D eigenvalue weighted by atomic mass is 9.81. The van der Waals surface area contributed by atoms with Gasteiger partial charge in [0.05, 0.1) is 11.4 Å². The van der Waals surface area contributed by atoms with Gasteiger partial charge in [0.15, 0.2) is 0 Å². The summed E-state index contributed by atoms with van der Waals surface area (Å²) in [6, 6.07) is 0. The molecule has 3 rings (SSSR count). The molecule has 0 spiro atoms. The molecule has 0 radical (unpaired) electrons. The van der Waals surface area contributed by atoms with Crippen LogP contribution in [-0.2, 0) is 16.1 Å². The number of rotatable bonds is 3. The molecule has 0 aromatic carbocycles. The zero-order valence-corrected chi connectivity index (χ0v) is 12.8. The molecule has 3 heterocycles. The molecule has 118 valence electrons. The minimum absolute atomic E-state index is 0.0223. The van der Waals surface area contributed by atoms with Gasteiger partial charge in [-0.25, -0.2) is 0 Å². The number of nitrogens with zero attached hydrogens (tertiary/aromatic N) is 4. The maximum atomic E-state index is 11.8. The van der Waals surface area contributed by atoms with Crippen LogP contribution in [0.15, 0.2) is 12.4 Å². The standard InChI is InChI=1S/C15H20N4O3/c1-10-13(17-4-3-16-10)7-18-5-12-6-19(11(2)20)9-15(12,8-18)14(21)22/h3-4,12H,5-9H2,1-2H3,(H,21,22)/t12-,15-/m1/s1.